The number of hydrogen-bond donors (Lipinski definition) is 1. The monoisotopic (exact) mass is 235 g/mol. The topological polar surface area (TPSA) is 48.7 Å². The lowest BCUT2D eigenvalue weighted by Crippen LogP contribution is -2.15. The minimum absolute atomic E-state index is 0.508. The Bertz CT molecular complexity index is 409. The minimum atomic E-state index is 0.508. The molecular formula is C12H17N3S. The Morgan fingerprint density at radius 1 is 1.56 bits per heavy atom. The second kappa shape index (κ2) is 5.76. The summed E-state index contributed by atoms with van der Waals surface area (Å²) < 4.78 is 0. The lowest BCUT2D eigenvalue weighted by molar-refractivity contribution is 0.983. The number of nitriles is 1. The molecule has 0 bridgehead atoms. The van der Waals surface area contributed by atoms with E-state index in [0.29, 0.717) is 16.6 Å². The van der Waals surface area contributed by atoms with Crippen LogP contribution in [0.3, 0.4) is 0 Å². The van der Waals surface area contributed by atoms with Gasteiger partial charge < -0.3 is 5.32 Å². The van der Waals surface area contributed by atoms with Crippen LogP contribution in [0.1, 0.15) is 23.7 Å². The summed E-state index contributed by atoms with van der Waals surface area (Å²) in [7, 11) is 0. The number of pyridine rings is 1. The van der Waals surface area contributed by atoms with Crippen molar-refractivity contribution in [2.45, 2.75) is 26.0 Å². The molecular weight excluding hydrogens is 218 g/mol. The number of anilines is 1. The third-order valence-corrected chi connectivity index (χ3v) is 3.39. The molecule has 1 unspecified atom stereocenters. The average molecular weight is 235 g/mol. The van der Waals surface area contributed by atoms with Gasteiger partial charge in [-0.3, -0.25) is 0 Å². The van der Waals surface area contributed by atoms with Gasteiger partial charge in [-0.2, -0.15) is 17.0 Å². The van der Waals surface area contributed by atoms with E-state index in [4.69, 9.17) is 5.26 Å². The van der Waals surface area contributed by atoms with Gasteiger partial charge in [0.2, 0.25) is 0 Å². The molecule has 0 aliphatic rings. The number of thioether (sulfide) groups is 1. The first-order chi connectivity index (χ1) is 7.58. The van der Waals surface area contributed by atoms with Crippen molar-refractivity contribution in [2.24, 2.45) is 0 Å². The van der Waals surface area contributed by atoms with Crippen LogP contribution >= 0.6 is 11.8 Å². The Morgan fingerprint density at radius 3 is 2.81 bits per heavy atom. The lowest BCUT2D eigenvalue weighted by Gasteiger charge is -2.13. The first kappa shape index (κ1) is 12.9. The second-order valence-corrected chi connectivity index (χ2v) is 5.12. The van der Waals surface area contributed by atoms with Crippen molar-refractivity contribution in [3.05, 3.63) is 22.9 Å². The molecule has 86 valence electrons. The molecule has 0 radical (unpaired) electrons. The molecule has 0 spiro atoms. The fourth-order valence-corrected chi connectivity index (χ4v) is 1.68. The number of aryl methyl sites for hydroxylation is 2. The van der Waals surface area contributed by atoms with E-state index in [1.165, 1.54) is 0 Å². The molecule has 1 heterocycles. The van der Waals surface area contributed by atoms with E-state index in [2.05, 4.69) is 29.5 Å². The third-order valence-electron chi connectivity index (χ3n) is 2.42. The molecule has 0 fully saturated rings. The van der Waals surface area contributed by atoms with Gasteiger partial charge >= 0.3 is 0 Å². The Morgan fingerprint density at radius 2 is 2.25 bits per heavy atom. The highest BCUT2D eigenvalue weighted by molar-refractivity contribution is 7.99. The van der Waals surface area contributed by atoms with Gasteiger partial charge in [0.25, 0.3) is 0 Å². The van der Waals surface area contributed by atoms with Crippen molar-refractivity contribution >= 4 is 17.6 Å². The molecule has 1 aromatic heterocycles. The highest BCUT2D eigenvalue weighted by atomic mass is 32.2. The molecule has 0 amide bonds. The summed E-state index contributed by atoms with van der Waals surface area (Å²) in [5, 5.41) is 12.8. The van der Waals surface area contributed by atoms with E-state index in [-0.39, 0.29) is 0 Å². The van der Waals surface area contributed by atoms with Crippen LogP contribution in [-0.2, 0) is 0 Å². The summed E-state index contributed by atoms with van der Waals surface area (Å²) in [6, 6.07) is 4.13. The summed E-state index contributed by atoms with van der Waals surface area (Å²) in [5.41, 5.74) is 2.57. The van der Waals surface area contributed by atoms with Gasteiger partial charge in [0, 0.05) is 17.5 Å². The molecule has 0 saturated carbocycles. The lowest BCUT2D eigenvalue weighted by atomic mass is 10.1. The molecule has 1 atom stereocenters. The normalized spacial score (nSPS) is 11.9. The van der Waals surface area contributed by atoms with Gasteiger partial charge in [-0.05, 0) is 31.7 Å². The maximum atomic E-state index is 9.08. The molecule has 1 aromatic rings. The summed E-state index contributed by atoms with van der Waals surface area (Å²) >= 11 is 1.79. The van der Waals surface area contributed by atoms with E-state index in [9.17, 15) is 0 Å². The molecule has 3 nitrogen and oxygen atoms in total. The first-order valence-electron chi connectivity index (χ1n) is 5.23. The van der Waals surface area contributed by atoms with Gasteiger partial charge in [0.05, 0.1) is 5.56 Å². The summed E-state index contributed by atoms with van der Waals surface area (Å²) in [6.45, 7) is 6.85. The number of rotatable bonds is 4. The van der Waals surface area contributed by atoms with Crippen molar-refractivity contribution < 1.29 is 0 Å². The number of hydrogen-bond acceptors (Lipinski definition) is 4. The van der Waals surface area contributed by atoms with Crippen LogP contribution in [-0.4, -0.2) is 23.0 Å². The Kier molecular flexibility index (Phi) is 4.63. The van der Waals surface area contributed by atoms with E-state index in [0.717, 1.165) is 17.8 Å². The maximum Gasteiger partial charge on any atom is 0.144 e. The zero-order valence-electron chi connectivity index (χ0n) is 10.2. The molecule has 0 saturated heterocycles. The van der Waals surface area contributed by atoms with Crippen LogP contribution in [0.4, 0.5) is 5.82 Å². The van der Waals surface area contributed by atoms with Gasteiger partial charge in [-0.25, -0.2) is 4.98 Å². The first-order valence-corrected chi connectivity index (χ1v) is 6.52. The van der Waals surface area contributed by atoms with Crippen LogP contribution < -0.4 is 5.32 Å². The Hall–Kier alpha value is -1.21. The Balaban J connectivity index is 2.91. The largest absolute Gasteiger partial charge is 0.368 e. The van der Waals surface area contributed by atoms with Gasteiger partial charge in [-0.1, -0.05) is 6.92 Å². The van der Waals surface area contributed by atoms with Gasteiger partial charge in [-0.15, -0.1) is 0 Å². The van der Waals surface area contributed by atoms with E-state index < -0.39 is 0 Å². The van der Waals surface area contributed by atoms with Crippen molar-refractivity contribution in [1.29, 1.82) is 5.26 Å². The summed E-state index contributed by atoms with van der Waals surface area (Å²) in [4.78, 5) is 4.37. The fraction of sp³-hybridized carbons (Fsp3) is 0.500. The SMILES string of the molecule is CSC(C)CNc1nc(C)cc(C)c1C#N. The summed E-state index contributed by atoms with van der Waals surface area (Å²) in [6.07, 6.45) is 2.08. The van der Waals surface area contributed by atoms with Crippen molar-refractivity contribution in [1.82, 2.24) is 4.98 Å². The van der Waals surface area contributed by atoms with Crippen LogP contribution in [0.5, 0.6) is 0 Å². The number of nitrogens with one attached hydrogen (secondary N) is 1. The quantitative estimate of drug-likeness (QED) is 0.871. The number of nitrogens with zero attached hydrogens (tertiary/aromatic N) is 2. The average Bonchev–Trinajstić information content (AvgIpc) is 2.25. The maximum absolute atomic E-state index is 9.08. The smallest absolute Gasteiger partial charge is 0.144 e. The second-order valence-electron chi connectivity index (χ2n) is 3.84. The minimum Gasteiger partial charge on any atom is -0.368 e. The Labute approximate surface area is 101 Å². The zero-order chi connectivity index (χ0) is 12.1. The van der Waals surface area contributed by atoms with Crippen LogP contribution in [0.2, 0.25) is 0 Å². The van der Waals surface area contributed by atoms with Crippen molar-refractivity contribution in [3.8, 4) is 6.07 Å². The van der Waals surface area contributed by atoms with E-state index >= 15 is 0 Å². The number of aromatic nitrogens is 1. The van der Waals surface area contributed by atoms with Gasteiger partial charge in [0.1, 0.15) is 11.9 Å². The van der Waals surface area contributed by atoms with Gasteiger partial charge in [0.15, 0.2) is 0 Å². The van der Waals surface area contributed by atoms with E-state index in [1.54, 1.807) is 11.8 Å². The van der Waals surface area contributed by atoms with Crippen LogP contribution in [0, 0.1) is 25.2 Å². The molecule has 1 rings (SSSR count). The highest BCUT2D eigenvalue weighted by Gasteiger charge is 2.09. The van der Waals surface area contributed by atoms with Crippen molar-refractivity contribution in [3.63, 3.8) is 0 Å². The summed E-state index contributed by atoms with van der Waals surface area (Å²) in [5.74, 6) is 0.709. The molecule has 4 heteroatoms. The van der Waals surface area contributed by atoms with Crippen LogP contribution in [0.25, 0.3) is 0 Å². The van der Waals surface area contributed by atoms with E-state index in [1.807, 2.05) is 19.9 Å². The van der Waals surface area contributed by atoms with Crippen molar-refractivity contribution in [2.75, 3.05) is 18.1 Å². The predicted molar refractivity (Wildman–Crippen MR) is 69.9 cm³/mol. The third kappa shape index (κ3) is 3.14. The molecule has 1 N–H and O–H groups in total. The molecule has 0 aliphatic carbocycles. The molecule has 0 aliphatic heterocycles. The van der Waals surface area contributed by atoms with Crippen LogP contribution in [0.15, 0.2) is 6.07 Å². The zero-order valence-corrected chi connectivity index (χ0v) is 11.0. The fourth-order valence-electron chi connectivity index (χ4n) is 1.43. The standard InChI is InChI=1S/C12H17N3S/c1-8-5-9(2)15-12(11(8)6-13)14-7-10(3)16-4/h5,10H,7H2,1-4H3,(H,14,15). The molecule has 16 heavy (non-hydrogen) atoms. The highest BCUT2D eigenvalue weighted by Crippen LogP contribution is 2.18. The predicted octanol–water partition coefficient (Wildman–Crippen LogP) is 2.73. The molecule has 0 aromatic carbocycles.